The molecule has 0 fully saturated rings. The van der Waals surface area contributed by atoms with Crippen molar-refractivity contribution in [3.8, 4) is 5.75 Å². The van der Waals surface area contributed by atoms with Crippen LogP contribution in [0.2, 0.25) is 0 Å². The van der Waals surface area contributed by atoms with Crippen LogP contribution in [0.1, 0.15) is 0 Å². The third-order valence-electron chi connectivity index (χ3n) is 1.42. The largest absolute Gasteiger partial charge is 0.456 e. The number of nitro groups is 1. The molecule has 0 spiro atoms. The van der Waals surface area contributed by atoms with Crippen LogP contribution in [-0.4, -0.2) is 11.8 Å². The molecule has 0 atom stereocenters. The zero-order chi connectivity index (χ0) is 10.7. The molecule has 0 saturated carbocycles. The summed E-state index contributed by atoms with van der Waals surface area (Å²) in [5.41, 5.74) is -1.21. The summed E-state index contributed by atoms with van der Waals surface area (Å²) in [4.78, 5) is 9.09. The van der Waals surface area contributed by atoms with Crippen molar-refractivity contribution in [1.29, 1.82) is 0 Å². The average Bonchev–Trinajstić information content (AvgIpc) is 2.11. The van der Waals surface area contributed by atoms with E-state index in [0.29, 0.717) is 6.07 Å². The Hall–Kier alpha value is -1.79. The van der Waals surface area contributed by atoms with E-state index < -0.39 is 34.9 Å². The van der Waals surface area contributed by atoms with Crippen LogP contribution in [0.4, 0.5) is 18.9 Å². The lowest BCUT2D eigenvalue weighted by molar-refractivity contribution is -0.388. The van der Waals surface area contributed by atoms with Gasteiger partial charge in [0, 0.05) is 0 Å². The Morgan fingerprint density at radius 2 is 2.07 bits per heavy atom. The highest BCUT2D eigenvalue weighted by Crippen LogP contribution is 2.31. The SMILES string of the molecule is O=[N+]([O-])c1c(OCF)ccc(F)c1F. The Labute approximate surface area is 76.1 Å². The maximum atomic E-state index is 12.8. The summed E-state index contributed by atoms with van der Waals surface area (Å²) < 4.78 is 41.2. The summed E-state index contributed by atoms with van der Waals surface area (Å²) in [6.07, 6.45) is 0. The fourth-order valence-corrected chi connectivity index (χ4v) is 0.868. The molecule has 14 heavy (non-hydrogen) atoms. The first-order valence-electron chi connectivity index (χ1n) is 3.39. The molecule has 76 valence electrons. The number of rotatable bonds is 3. The van der Waals surface area contributed by atoms with Crippen molar-refractivity contribution in [2.75, 3.05) is 6.86 Å². The Morgan fingerprint density at radius 1 is 1.43 bits per heavy atom. The minimum absolute atomic E-state index is 0.618. The van der Waals surface area contributed by atoms with Gasteiger partial charge < -0.3 is 4.74 Å². The minimum Gasteiger partial charge on any atom is -0.456 e. The van der Waals surface area contributed by atoms with E-state index in [-0.39, 0.29) is 0 Å². The quantitative estimate of drug-likeness (QED) is 0.563. The van der Waals surface area contributed by atoms with Gasteiger partial charge in [-0.2, -0.15) is 4.39 Å². The molecule has 1 rings (SSSR count). The van der Waals surface area contributed by atoms with Crippen LogP contribution >= 0.6 is 0 Å². The Bertz CT molecular complexity index is 369. The molecule has 0 N–H and O–H groups in total. The van der Waals surface area contributed by atoms with E-state index in [9.17, 15) is 23.3 Å². The van der Waals surface area contributed by atoms with E-state index in [2.05, 4.69) is 4.74 Å². The van der Waals surface area contributed by atoms with Crippen molar-refractivity contribution < 1.29 is 22.8 Å². The van der Waals surface area contributed by atoms with Gasteiger partial charge in [-0.1, -0.05) is 0 Å². The van der Waals surface area contributed by atoms with Crippen molar-refractivity contribution in [2.24, 2.45) is 0 Å². The number of benzene rings is 1. The first kappa shape index (κ1) is 10.3. The summed E-state index contributed by atoms with van der Waals surface area (Å²) in [6, 6.07) is 1.41. The minimum atomic E-state index is -1.67. The molecule has 0 radical (unpaired) electrons. The lowest BCUT2D eigenvalue weighted by Gasteiger charge is -2.02. The van der Waals surface area contributed by atoms with Gasteiger partial charge in [-0.3, -0.25) is 10.1 Å². The fourth-order valence-electron chi connectivity index (χ4n) is 0.868. The standard InChI is InChI=1S/C7H4F3NO3/c8-3-14-5-2-1-4(9)6(10)7(5)11(12)13/h1-2H,3H2. The van der Waals surface area contributed by atoms with E-state index in [0.717, 1.165) is 6.07 Å². The molecule has 1 aromatic carbocycles. The van der Waals surface area contributed by atoms with Gasteiger partial charge in [-0.05, 0) is 12.1 Å². The predicted octanol–water partition coefficient (Wildman–Crippen LogP) is 2.18. The molecule has 7 heteroatoms. The first-order valence-corrected chi connectivity index (χ1v) is 3.39. The molecule has 1 aromatic rings. The number of nitro benzene ring substituents is 1. The van der Waals surface area contributed by atoms with E-state index in [1.165, 1.54) is 0 Å². The highest BCUT2D eigenvalue weighted by atomic mass is 19.2. The molecule has 0 heterocycles. The third-order valence-corrected chi connectivity index (χ3v) is 1.42. The zero-order valence-electron chi connectivity index (χ0n) is 6.67. The van der Waals surface area contributed by atoms with Crippen LogP contribution in [-0.2, 0) is 0 Å². The van der Waals surface area contributed by atoms with E-state index >= 15 is 0 Å². The van der Waals surface area contributed by atoms with Crippen LogP contribution in [0.3, 0.4) is 0 Å². The highest BCUT2D eigenvalue weighted by molar-refractivity contribution is 5.47. The van der Waals surface area contributed by atoms with Gasteiger partial charge in [0.2, 0.25) is 18.4 Å². The second-order valence-corrected chi connectivity index (χ2v) is 2.22. The molecule has 0 saturated heterocycles. The maximum Gasteiger partial charge on any atom is 0.349 e. The van der Waals surface area contributed by atoms with Gasteiger partial charge in [0.1, 0.15) is 0 Å². The van der Waals surface area contributed by atoms with Crippen molar-refractivity contribution in [2.45, 2.75) is 0 Å². The van der Waals surface area contributed by atoms with Crippen molar-refractivity contribution in [1.82, 2.24) is 0 Å². The maximum absolute atomic E-state index is 12.8. The van der Waals surface area contributed by atoms with Gasteiger partial charge in [0.05, 0.1) is 4.92 Å². The highest BCUT2D eigenvalue weighted by Gasteiger charge is 2.25. The molecule has 0 aromatic heterocycles. The second kappa shape index (κ2) is 3.95. The summed E-state index contributed by atoms with van der Waals surface area (Å²) in [7, 11) is 0. The number of halogens is 3. The van der Waals surface area contributed by atoms with Crippen LogP contribution in [0.15, 0.2) is 12.1 Å². The monoisotopic (exact) mass is 207 g/mol. The van der Waals surface area contributed by atoms with Crippen LogP contribution in [0.25, 0.3) is 0 Å². The van der Waals surface area contributed by atoms with E-state index in [4.69, 9.17) is 0 Å². The molecular weight excluding hydrogens is 203 g/mol. The number of hydrogen-bond donors (Lipinski definition) is 0. The number of alkyl halides is 1. The van der Waals surface area contributed by atoms with Gasteiger partial charge in [-0.25, -0.2) is 8.78 Å². The molecule has 0 bridgehead atoms. The van der Waals surface area contributed by atoms with Crippen LogP contribution < -0.4 is 4.74 Å². The Kier molecular flexibility index (Phi) is 2.90. The lowest BCUT2D eigenvalue weighted by atomic mass is 10.3. The molecule has 0 aliphatic rings. The number of ether oxygens (including phenoxy) is 1. The molecule has 0 aliphatic heterocycles. The first-order chi connectivity index (χ1) is 6.57. The Morgan fingerprint density at radius 3 is 2.57 bits per heavy atom. The number of nitrogens with zero attached hydrogens (tertiary/aromatic N) is 1. The van der Waals surface area contributed by atoms with Crippen molar-refractivity contribution in [3.05, 3.63) is 33.9 Å². The van der Waals surface area contributed by atoms with Gasteiger partial charge in [0.15, 0.2) is 5.82 Å². The lowest BCUT2D eigenvalue weighted by Crippen LogP contribution is -2.01. The molecule has 0 aliphatic carbocycles. The smallest absolute Gasteiger partial charge is 0.349 e. The third kappa shape index (κ3) is 1.76. The summed E-state index contributed by atoms with van der Waals surface area (Å²) >= 11 is 0. The van der Waals surface area contributed by atoms with Crippen LogP contribution in [0, 0.1) is 21.7 Å². The average molecular weight is 207 g/mol. The summed E-state index contributed by atoms with van der Waals surface area (Å²) in [5, 5.41) is 10.3. The van der Waals surface area contributed by atoms with Gasteiger partial charge >= 0.3 is 5.69 Å². The van der Waals surface area contributed by atoms with E-state index in [1.54, 1.807) is 0 Å². The Balaban J connectivity index is 3.30. The number of hydrogen-bond acceptors (Lipinski definition) is 3. The van der Waals surface area contributed by atoms with Crippen molar-refractivity contribution in [3.63, 3.8) is 0 Å². The fraction of sp³-hybridized carbons (Fsp3) is 0.143. The van der Waals surface area contributed by atoms with Gasteiger partial charge in [0.25, 0.3) is 0 Å². The van der Waals surface area contributed by atoms with Crippen LogP contribution in [0.5, 0.6) is 5.75 Å². The van der Waals surface area contributed by atoms with Crippen molar-refractivity contribution >= 4 is 5.69 Å². The zero-order valence-corrected chi connectivity index (χ0v) is 6.67. The second-order valence-electron chi connectivity index (χ2n) is 2.22. The molecular formula is C7H4F3NO3. The van der Waals surface area contributed by atoms with E-state index in [1.807, 2.05) is 0 Å². The summed E-state index contributed by atoms with van der Waals surface area (Å²) in [5.74, 6) is -3.69. The topological polar surface area (TPSA) is 52.4 Å². The van der Waals surface area contributed by atoms with Gasteiger partial charge in [-0.15, -0.1) is 0 Å². The molecule has 0 unspecified atom stereocenters. The molecule has 4 nitrogen and oxygen atoms in total. The predicted molar refractivity (Wildman–Crippen MR) is 39.6 cm³/mol. The molecule has 0 amide bonds. The normalized spacial score (nSPS) is 9.93. The summed E-state index contributed by atoms with van der Waals surface area (Å²) in [6.45, 7) is -1.36.